The van der Waals surface area contributed by atoms with Crippen LogP contribution in [0.25, 0.3) is 11.1 Å². The van der Waals surface area contributed by atoms with E-state index >= 15 is 0 Å². The van der Waals surface area contributed by atoms with Crippen LogP contribution < -0.4 is 15.4 Å². The van der Waals surface area contributed by atoms with Gasteiger partial charge in [-0.3, -0.25) is 4.79 Å². The predicted octanol–water partition coefficient (Wildman–Crippen LogP) is 4.80. The molecule has 15 heteroatoms. The number of ether oxygens (including phenoxy) is 3. The van der Waals surface area contributed by atoms with Gasteiger partial charge in [-0.15, -0.1) is 0 Å². The van der Waals surface area contributed by atoms with E-state index in [0.717, 1.165) is 6.20 Å². The van der Waals surface area contributed by atoms with E-state index < -0.39 is 34.0 Å². The third-order valence-corrected chi connectivity index (χ3v) is 7.95. The summed E-state index contributed by atoms with van der Waals surface area (Å²) in [4.78, 5) is 50.4. The van der Waals surface area contributed by atoms with Gasteiger partial charge in [-0.2, -0.15) is 8.42 Å². The molecule has 1 heterocycles. The summed E-state index contributed by atoms with van der Waals surface area (Å²) < 4.78 is 44.9. The van der Waals surface area contributed by atoms with Gasteiger partial charge in [0.25, 0.3) is 5.91 Å². The summed E-state index contributed by atoms with van der Waals surface area (Å²) in [6, 6.07) is 25.1. The van der Waals surface area contributed by atoms with Gasteiger partial charge < -0.3 is 24.8 Å². The number of benzene rings is 3. The van der Waals surface area contributed by atoms with Crippen molar-refractivity contribution in [2.24, 2.45) is 0 Å². The Bertz CT molecular complexity index is 1860. The minimum atomic E-state index is -4.67. The van der Waals surface area contributed by atoms with E-state index in [1.807, 2.05) is 4.72 Å². The first-order valence-corrected chi connectivity index (χ1v) is 16.8. The molecule has 50 heavy (non-hydrogen) atoms. The van der Waals surface area contributed by atoms with E-state index in [0.29, 0.717) is 39.2 Å². The second-order valence-corrected chi connectivity index (χ2v) is 13.3. The summed E-state index contributed by atoms with van der Waals surface area (Å²) in [7, 11) is -4.67. The van der Waals surface area contributed by atoms with Gasteiger partial charge in [0.05, 0.1) is 0 Å². The number of nitrogens with zero attached hydrogens (tertiary/aromatic N) is 1. The van der Waals surface area contributed by atoms with Crippen LogP contribution in [-0.2, 0) is 37.6 Å². The molecule has 3 amide bonds. The molecule has 0 aliphatic carbocycles. The molecule has 0 fully saturated rings. The van der Waals surface area contributed by atoms with E-state index in [1.165, 1.54) is 18.2 Å². The molecule has 4 aromatic rings. The van der Waals surface area contributed by atoms with Crippen LogP contribution in [0.1, 0.15) is 59.2 Å². The topological polar surface area (TPSA) is 171 Å². The zero-order chi connectivity index (χ0) is 35.4. The predicted molar refractivity (Wildman–Crippen MR) is 186 cm³/mol. The van der Waals surface area contributed by atoms with Crippen LogP contribution in [0.15, 0.2) is 97.2 Å². The average Bonchev–Trinajstić information content (AvgIpc) is 3.53. The molecule has 3 N–H and O–H groups in total. The molecule has 4 rings (SSSR count). The van der Waals surface area contributed by atoms with Gasteiger partial charge in [0.15, 0.2) is 5.69 Å². The monoisotopic (exact) mass is 713 g/mol. The van der Waals surface area contributed by atoms with Crippen LogP contribution >= 0.6 is 0 Å². The molecule has 13 nitrogen and oxygen atoms in total. The minimum absolute atomic E-state index is 0. The Kier molecular flexibility index (Phi) is 14.6. The standard InChI is InChI=1S/C35H38N4O9S.Na/c1-35(2,3)48-33(42)37-21-10-20-36-31(40)28-17-15-27(16-18-28)29-19-22-39(30(29)32(41)46-23-25-11-6-4-7-12-25)49(44,45)38-34(43)47-24-26-13-8-5-9-14-26;/h4-9,11-19,22H,10,20-21,23-24H2,1-3H3,(H,36,40)(H,37,42)(H,38,43);. The zero-order valence-electron chi connectivity index (χ0n) is 28.3. The van der Waals surface area contributed by atoms with Gasteiger partial charge in [-0.05, 0) is 62.1 Å². The normalized spacial score (nSPS) is 11.0. The third-order valence-electron chi connectivity index (χ3n) is 6.71. The zero-order valence-corrected chi connectivity index (χ0v) is 31.1. The Morgan fingerprint density at radius 2 is 1.28 bits per heavy atom. The summed E-state index contributed by atoms with van der Waals surface area (Å²) in [5.74, 6) is -1.33. The summed E-state index contributed by atoms with van der Waals surface area (Å²) in [6.45, 7) is 5.57. The number of hydrogen-bond donors (Lipinski definition) is 3. The van der Waals surface area contributed by atoms with Crippen molar-refractivity contribution in [2.75, 3.05) is 13.1 Å². The van der Waals surface area contributed by atoms with Crippen molar-refractivity contribution >= 4 is 63.8 Å². The fraction of sp³-hybridized carbons (Fsp3) is 0.257. The van der Waals surface area contributed by atoms with Crippen LogP contribution in [0, 0.1) is 0 Å². The molecule has 0 aliphatic rings. The maximum atomic E-state index is 13.4. The van der Waals surface area contributed by atoms with Crippen molar-refractivity contribution in [2.45, 2.75) is 46.0 Å². The average molecular weight is 714 g/mol. The molecule has 0 aliphatic heterocycles. The first-order chi connectivity index (χ1) is 23.3. The van der Waals surface area contributed by atoms with Crippen LogP contribution in [0.4, 0.5) is 9.59 Å². The number of carbonyl (C=O) groups excluding carboxylic acids is 4. The minimum Gasteiger partial charge on any atom is -0.456 e. The van der Waals surface area contributed by atoms with E-state index in [4.69, 9.17) is 14.2 Å². The summed E-state index contributed by atoms with van der Waals surface area (Å²) in [5, 5.41) is 5.39. The molecule has 3 aromatic carbocycles. The van der Waals surface area contributed by atoms with Gasteiger partial charge >= 0.3 is 28.4 Å². The summed E-state index contributed by atoms with van der Waals surface area (Å²) in [5.41, 5.74) is 1.25. The van der Waals surface area contributed by atoms with E-state index in [-0.39, 0.29) is 66.5 Å². The number of esters is 1. The molecular formula is C35H38N4NaO9S. The van der Waals surface area contributed by atoms with Gasteiger partial charge in [-0.25, -0.2) is 23.1 Å². The van der Waals surface area contributed by atoms with Gasteiger partial charge in [0.1, 0.15) is 18.8 Å². The van der Waals surface area contributed by atoms with Crippen LogP contribution in [0.3, 0.4) is 0 Å². The summed E-state index contributed by atoms with van der Waals surface area (Å²) >= 11 is 0. The Balaban J connectivity index is 0.00000676. The molecule has 0 saturated carbocycles. The summed E-state index contributed by atoms with van der Waals surface area (Å²) in [6.07, 6.45) is -0.197. The van der Waals surface area contributed by atoms with Crippen molar-refractivity contribution in [3.8, 4) is 11.1 Å². The van der Waals surface area contributed by atoms with Crippen LogP contribution in [-0.4, -0.2) is 84.7 Å². The smallest absolute Gasteiger partial charge is 0.422 e. The number of carbonyl (C=O) groups is 4. The van der Waals surface area contributed by atoms with Gasteiger partial charge in [-0.1, -0.05) is 72.8 Å². The van der Waals surface area contributed by atoms with E-state index in [2.05, 4.69) is 10.6 Å². The number of amides is 3. The largest absolute Gasteiger partial charge is 0.456 e. The first kappa shape index (κ1) is 39.8. The third kappa shape index (κ3) is 12.1. The Morgan fingerprint density at radius 1 is 0.720 bits per heavy atom. The molecule has 0 unspecified atom stereocenters. The quantitative estimate of drug-likeness (QED) is 0.0763. The fourth-order valence-corrected chi connectivity index (χ4v) is 5.45. The van der Waals surface area contributed by atoms with Crippen molar-refractivity contribution in [3.05, 3.63) is 120 Å². The van der Waals surface area contributed by atoms with Crippen molar-refractivity contribution in [1.29, 1.82) is 0 Å². The number of rotatable bonds is 13. The SMILES string of the molecule is CC(C)(C)OC(=O)NCCCNC(=O)c1ccc(-c2ccn(S(=O)(=O)NC(=O)OCc3ccccc3)c2C(=O)OCc2ccccc2)cc1.[Na]. The van der Waals surface area contributed by atoms with Gasteiger partial charge in [0.2, 0.25) is 0 Å². The molecule has 1 radical (unpaired) electrons. The second kappa shape index (κ2) is 18.4. The Hall–Kier alpha value is -4.63. The Labute approximate surface area is 313 Å². The van der Waals surface area contributed by atoms with Crippen molar-refractivity contribution in [3.63, 3.8) is 0 Å². The van der Waals surface area contributed by atoms with Gasteiger partial charge in [0, 0.05) is 60.0 Å². The molecule has 1 aromatic heterocycles. The first-order valence-electron chi connectivity index (χ1n) is 15.3. The van der Waals surface area contributed by atoms with Crippen molar-refractivity contribution in [1.82, 2.24) is 19.3 Å². The van der Waals surface area contributed by atoms with Crippen LogP contribution in [0.5, 0.6) is 0 Å². The molecule has 0 spiro atoms. The molecule has 0 atom stereocenters. The number of hydrogen-bond acceptors (Lipinski definition) is 9. The Morgan fingerprint density at radius 3 is 1.86 bits per heavy atom. The maximum Gasteiger partial charge on any atom is 0.422 e. The maximum absolute atomic E-state index is 13.4. The van der Waals surface area contributed by atoms with Crippen molar-refractivity contribution < 1.29 is 41.8 Å². The van der Waals surface area contributed by atoms with E-state index in [1.54, 1.807) is 93.6 Å². The number of aromatic nitrogens is 1. The number of nitrogens with one attached hydrogen (secondary N) is 3. The second-order valence-electron chi connectivity index (χ2n) is 11.7. The molecule has 259 valence electrons. The van der Waals surface area contributed by atoms with E-state index in [9.17, 15) is 27.6 Å². The molecule has 0 bridgehead atoms. The number of alkyl carbamates (subject to hydrolysis) is 1. The molecular weight excluding hydrogens is 675 g/mol. The fourth-order valence-electron chi connectivity index (χ4n) is 4.44. The molecule has 0 saturated heterocycles. The van der Waals surface area contributed by atoms with Crippen LogP contribution in [0.2, 0.25) is 0 Å².